The van der Waals surface area contributed by atoms with E-state index in [-0.39, 0.29) is 5.57 Å². The smallest absolute Gasteiger partial charge is 0.290 e. The molecule has 0 radical (unpaired) electrons. The molecule has 0 rings (SSSR count). The molecule has 0 amide bonds. The lowest BCUT2D eigenvalue weighted by molar-refractivity contribution is -0.111. The zero-order valence-corrected chi connectivity index (χ0v) is 7.11. The van der Waals surface area contributed by atoms with Gasteiger partial charge in [-0.25, -0.2) is 0 Å². The number of allylic oxidation sites excluding steroid dienone is 4. The minimum Gasteiger partial charge on any atom is -0.290 e. The number of halogens is 3. The maximum absolute atomic E-state index is 11.9. The van der Waals surface area contributed by atoms with Gasteiger partial charge in [0.2, 0.25) is 0 Å². The van der Waals surface area contributed by atoms with E-state index >= 15 is 0 Å². The van der Waals surface area contributed by atoms with Gasteiger partial charge < -0.3 is 0 Å². The van der Waals surface area contributed by atoms with Crippen LogP contribution >= 0.6 is 0 Å². The number of carbonyl (C=O) groups is 1. The summed E-state index contributed by atoms with van der Waals surface area (Å²) < 4.78 is 35.7. The summed E-state index contributed by atoms with van der Waals surface area (Å²) in [6.45, 7) is 7.22. The Morgan fingerprint density at radius 1 is 1.38 bits per heavy atom. The molecule has 72 valence electrons. The third-order valence-electron chi connectivity index (χ3n) is 1.33. The number of carbonyl (C=O) groups excluding carboxylic acids is 1. The monoisotopic (exact) mass is 190 g/mol. The van der Waals surface area contributed by atoms with Crippen LogP contribution in [0.25, 0.3) is 0 Å². The summed E-state index contributed by atoms with van der Waals surface area (Å²) >= 11 is 0. The van der Waals surface area contributed by atoms with Gasteiger partial charge in [0.05, 0.1) is 0 Å². The second-order valence-electron chi connectivity index (χ2n) is 2.42. The molecule has 0 aliphatic rings. The Kier molecular flexibility index (Phi) is 3.66. The zero-order chi connectivity index (χ0) is 10.6. The summed E-state index contributed by atoms with van der Waals surface area (Å²) in [7, 11) is 0. The van der Waals surface area contributed by atoms with E-state index in [0.717, 1.165) is 6.08 Å². The minimum atomic E-state index is -4.48. The van der Waals surface area contributed by atoms with Gasteiger partial charge in [0.1, 0.15) is 0 Å². The third-order valence-corrected chi connectivity index (χ3v) is 1.33. The van der Waals surface area contributed by atoms with Gasteiger partial charge in [-0.15, -0.1) is 0 Å². The molecular formula is C9H9F3O. The minimum absolute atomic E-state index is 0.0303. The first-order chi connectivity index (χ1) is 5.79. The fraction of sp³-hybridized carbons (Fsp3) is 0.222. The highest BCUT2D eigenvalue weighted by Crippen LogP contribution is 2.25. The Balaban J connectivity index is 4.68. The lowest BCUT2D eigenvalue weighted by Gasteiger charge is -2.05. The highest BCUT2D eigenvalue weighted by atomic mass is 19.4. The molecule has 0 unspecified atom stereocenters. The van der Waals surface area contributed by atoms with E-state index in [1.54, 1.807) is 0 Å². The first-order valence-corrected chi connectivity index (χ1v) is 3.40. The lowest BCUT2D eigenvalue weighted by atomic mass is 10.1. The molecule has 0 aliphatic heterocycles. The largest absolute Gasteiger partial charge is 0.415 e. The van der Waals surface area contributed by atoms with Gasteiger partial charge in [-0.3, -0.25) is 4.79 Å². The van der Waals surface area contributed by atoms with Crippen LogP contribution in [0.2, 0.25) is 0 Å². The number of alkyl halides is 3. The number of hydrogen-bond acceptors (Lipinski definition) is 1. The Morgan fingerprint density at radius 3 is 2.15 bits per heavy atom. The molecule has 0 aromatic rings. The van der Waals surface area contributed by atoms with Crippen molar-refractivity contribution in [1.82, 2.24) is 0 Å². The van der Waals surface area contributed by atoms with E-state index in [9.17, 15) is 18.0 Å². The number of hydrogen-bond donors (Lipinski definition) is 0. The maximum atomic E-state index is 11.9. The molecule has 0 N–H and O–H groups in total. The predicted molar refractivity (Wildman–Crippen MR) is 44.2 cm³/mol. The van der Waals surface area contributed by atoms with E-state index in [0.29, 0.717) is 6.08 Å². The van der Waals surface area contributed by atoms with Crippen LogP contribution in [0.4, 0.5) is 13.2 Å². The lowest BCUT2D eigenvalue weighted by Crippen LogP contribution is -2.09. The van der Waals surface area contributed by atoms with Gasteiger partial charge in [0.25, 0.3) is 0 Å². The first kappa shape index (κ1) is 11.7. The second-order valence-corrected chi connectivity index (χ2v) is 2.42. The molecular weight excluding hydrogens is 181 g/mol. The second kappa shape index (κ2) is 4.07. The molecule has 0 spiro atoms. The number of ketones is 1. The van der Waals surface area contributed by atoms with E-state index < -0.39 is 17.5 Å². The van der Waals surface area contributed by atoms with E-state index in [1.807, 2.05) is 0 Å². The fourth-order valence-corrected chi connectivity index (χ4v) is 0.575. The summed E-state index contributed by atoms with van der Waals surface area (Å²) in [5, 5.41) is 0. The van der Waals surface area contributed by atoms with Gasteiger partial charge >= 0.3 is 6.18 Å². The zero-order valence-electron chi connectivity index (χ0n) is 7.11. The summed E-state index contributed by atoms with van der Waals surface area (Å²) in [5.41, 5.74) is -1.07. The molecule has 0 aromatic carbocycles. The standard InChI is InChI=1S/C9H9F3O/c1-4-8(13)6(2)5-7(3)9(10,11)12/h4-5H,1,3H2,2H3/b6-5+. The van der Waals surface area contributed by atoms with Crippen LogP contribution in [-0.2, 0) is 4.79 Å². The summed E-state index contributed by atoms with van der Waals surface area (Å²) in [4.78, 5) is 10.8. The average Bonchev–Trinajstić information content (AvgIpc) is 2.01. The van der Waals surface area contributed by atoms with Crippen molar-refractivity contribution >= 4 is 5.78 Å². The molecule has 0 aromatic heterocycles. The number of rotatable bonds is 3. The summed E-state index contributed by atoms with van der Waals surface area (Å²) in [5.74, 6) is -0.537. The van der Waals surface area contributed by atoms with Crippen molar-refractivity contribution in [1.29, 1.82) is 0 Å². The third kappa shape index (κ3) is 3.73. The first-order valence-electron chi connectivity index (χ1n) is 3.40. The van der Waals surface area contributed by atoms with Crippen LogP contribution in [-0.4, -0.2) is 12.0 Å². The van der Waals surface area contributed by atoms with Crippen LogP contribution in [0.1, 0.15) is 6.92 Å². The highest BCUT2D eigenvalue weighted by Gasteiger charge is 2.30. The van der Waals surface area contributed by atoms with Crippen LogP contribution in [0.3, 0.4) is 0 Å². The van der Waals surface area contributed by atoms with Crippen LogP contribution in [0, 0.1) is 0 Å². The summed E-state index contributed by atoms with van der Waals surface area (Å²) in [6, 6.07) is 0. The molecule has 0 heterocycles. The van der Waals surface area contributed by atoms with Gasteiger partial charge in [0, 0.05) is 5.57 Å². The van der Waals surface area contributed by atoms with E-state index in [4.69, 9.17) is 0 Å². The fourth-order valence-electron chi connectivity index (χ4n) is 0.575. The molecule has 0 aliphatic carbocycles. The SMILES string of the molecule is C=CC(=O)/C(C)=C/C(=C)C(F)(F)F. The molecule has 0 bridgehead atoms. The van der Waals surface area contributed by atoms with Gasteiger partial charge in [-0.1, -0.05) is 13.2 Å². The molecule has 0 fully saturated rings. The molecule has 4 heteroatoms. The van der Waals surface area contributed by atoms with Crippen molar-refractivity contribution < 1.29 is 18.0 Å². The quantitative estimate of drug-likeness (QED) is 0.494. The van der Waals surface area contributed by atoms with Crippen LogP contribution < -0.4 is 0 Å². The Labute approximate surface area is 74.2 Å². The van der Waals surface area contributed by atoms with Gasteiger partial charge in [0.15, 0.2) is 5.78 Å². The van der Waals surface area contributed by atoms with Crippen molar-refractivity contribution in [2.75, 3.05) is 0 Å². The van der Waals surface area contributed by atoms with Crippen molar-refractivity contribution in [3.8, 4) is 0 Å². The molecule has 1 nitrogen and oxygen atoms in total. The summed E-state index contributed by atoms with van der Waals surface area (Å²) in [6.07, 6.45) is -2.83. The van der Waals surface area contributed by atoms with Crippen LogP contribution in [0.15, 0.2) is 36.5 Å². The van der Waals surface area contributed by atoms with E-state index in [1.165, 1.54) is 6.92 Å². The maximum Gasteiger partial charge on any atom is 0.415 e. The van der Waals surface area contributed by atoms with Crippen LogP contribution in [0.5, 0.6) is 0 Å². The topological polar surface area (TPSA) is 17.1 Å². The van der Waals surface area contributed by atoms with Gasteiger partial charge in [-0.2, -0.15) is 13.2 Å². The molecule has 0 saturated carbocycles. The molecule has 13 heavy (non-hydrogen) atoms. The normalized spacial score (nSPS) is 12.5. The molecule has 0 atom stereocenters. The van der Waals surface area contributed by atoms with Crippen molar-refractivity contribution in [2.45, 2.75) is 13.1 Å². The highest BCUT2D eigenvalue weighted by molar-refractivity contribution is 6.03. The van der Waals surface area contributed by atoms with Crippen molar-refractivity contribution in [3.63, 3.8) is 0 Å². The Bertz CT molecular complexity index is 271. The van der Waals surface area contributed by atoms with Crippen molar-refractivity contribution in [2.24, 2.45) is 0 Å². The Morgan fingerprint density at radius 2 is 1.85 bits per heavy atom. The average molecular weight is 190 g/mol. The van der Waals surface area contributed by atoms with Crippen molar-refractivity contribution in [3.05, 3.63) is 36.5 Å². The Hall–Kier alpha value is -1.32. The van der Waals surface area contributed by atoms with Gasteiger partial charge in [-0.05, 0) is 24.6 Å². The van der Waals surface area contributed by atoms with E-state index in [2.05, 4.69) is 13.2 Å². The predicted octanol–water partition coefficient (Wildman–Crippen LogP) is 2.81. The molecule has 0 saturated heterocycles.